The largest absolute Gasteiger partial charge is 0.457 e. The summed E-state index contributed by atoms with van der Waals surface area (Å²) >= 11 is 0. The molecular weight excluding hydrogens is 325 g/mol. The van der Waals surface area contributed by atoms with Crippen LogP contribution in [-0.4, -0.2) is 10.9 Å². The van der Waals surface area contributed by atoms with Crippen molar-refractivity contribution in [1.29, 1.82) is 0 Å². The molecule has 0 aliphatic carbocycles. The van der Waals surface area contributed by atoms with Crippen LogP contribution in [0.3, 0.4) is 0 Å². The molecule has 0 saturated carbocycles. The third-order valence-electron chi connectivity index (χ3n) is 4.88. The maximum Gasteiger partial charge on any atom is 0.338 e. The predicted octanol–water partition coefficient (Wildman–Crippen LogP) is 4.63. The van der Waals surface area contributed by atoms with E-state index in [1.807, 2.05) is 27.7 Å². The van der Waals surface area contributed by atoms with Gasteiger partial charge in [-0.2, -0.15) is 4.39 Å². The van der Waals surface area contributed by atoms with Gasteiger partial charge in [0.1, 0.15) is 6.61 Å². The third kappa shape index (κ3) is 3.52. The average Bonchev–Trinajstić information content (AvgIpc) is 2.58. The molecule has 25 heavy (non-hydrogen) atoms. The Bertz CT molecular complexity index is 845. The van der Waals surface area contributed by atoms with Gasteiger partial charge in [0.05, 0.1) is 10.5 Å². The van der Waals surface area contributed by atoms with E-state index in [0.717, 1.165) is 39.9 Å². The van der Waals surface area contributed by atoms with Crippen molar-refractivity contribution in [3.05, 3.63) is 73.1 Å². The van der Waals surface area contributed by atoms with Crippen molar-refractivity contribution < 1.29 is 18.8 Å². The third-order valence-corrected chi connectivity index (χ3v) is 4.88. The molecule has 0 unspecified atom stereocenters. The van der Waals surface area contributed by atoms with Crippen LogP contribution >= 0.6 is 0 Å². The fourth-order valence-electron chi connectivity index (χ4n) is 2.79. The monoisotopic (exact) mass is 345 g/mol. The summed E-state index contributed by atoms with van der Waals surface area (Å²) in [5, 5.41) is 10.8. The molecule has 132 valence electrons. The highest BCUT2D eigenvalue weighted by molar-refractivity contribution is 5.90. The number of benzene rings is 2. The van der Waals surface area contributed by atoms with Crippen LogP contribution in [0.1, 0.15) is 43.7 Å². The smallest absolute Gasteiger partial charge is 0.338 e. The number of nitrogens with zero attached hydrogens (tertiary/aromatic N) is 1. The molecule has 2 aromatic carbocycles. The van der Waals surface area contributed by atoms with Gasteiger partial charge in [-0.05, 0) is 80.1 Å². The van der Waals surface area contributed by atoms with Gasteiger partial charge in [0, 0.05) is 6.07 Å². The molecule has 0 spiro atoms. The first-order valence-electron chi connectivity index (χ1n) is 7.82. The molecule has 0 aliphatic rings. The topological polar surface area (TPSA) is 69.4 Å². The molecular formula is C19H20FNO4. The van der Waals surface area contributed by atoms with Gasteiger partial charge in [-0.25, -0.2) is 4.79 Å². The minimum atomic E-state index is -0.988. The van der Waals surface area contributed by atoms with E-state index in [-0.39, 0.29) is 12.2 Å². The van der Waals surface area contributed by atoms with Crippen molar-refractivity contribution in [3.63, 3.8) is 0 Å². The zero-order valence-electron chi connectivity index (χ0n) is 14.9. The van der Waals surface area contributed by atoms with Gasteiger partial charge in [-0.3, -0.25) is 10.1 Å². The number of carbonyl (C=O) groups excluding carboxylic acids is 1. The Morgan fingerprint density at radius 3 is 2.08 bits per heavy atom. The first-order valence-corrected chi connectivity index (χ1v) is 7.82. The first kappa shape index (κ1) is 18.6. The van der Waals surface area contributed by atoms with E-state index >= 15 is 0 Å². The van der Waals surface area contributed by atoms with E-state index in [9.17, 15) is 19.3 Å². The van der Waals surface area contributed by atoms with Crippen LogP contribution in [0.5, 0.6) is 0 Å². The lowest BCUT2D eigenvalue weighted by Crippen LogP contribution is -2.10. The van der Waals surface area contributed by atoms with Crippen molar-refractivity contribution in [1.82, 2.24) is 0 Å². The molecule has 0 heterocycles. The van der Waals surface area contributed by atoms with Crippen LogP contribution < -0.4 is 0 Å². The number of halogens is 1. The van der Waals surface area contributed by atoms with Crippen molar-refractivity contribution in [2.24, 2.45) is 0 Å². The molecule has 0 fully saturated rings. The van der Waals surface area contributed by atoms with Crippen LogP contribution in [0.25, 0.3) is 0 Å². The second kappa shape index (κ2) is 7.01. The summed E-state index contributed by atoms with van der Waals surface area (Å²) in [6.07, 6.45) is 0. The SMILES string of the molecule is Cc1c(C)c(C)c(COC(=O)c2ccc(F)c([N+](=O)[O-])c2)c(C)c1C. The zero-order chi connectivity index (χ0) is 18.9. The van der Waals surface area contributed by atoms with Crippen LogP contribution in [0, 0.1) is 50.6 Å². The predicted molar refractivity (Wildman–Crippen MR) is 92.3 cm³/mol. The fourth-order valence-corrected chi connectivity index (χ4v) is 2.79. The summed E-state index contributed by atoms with van der Waals surface area (Å²) in [4.78, 5) is 22.1. The summed E-state index contributed by atoms with van der Waals surface area (Å²) in [5.74, 6) is -1.71. The molecule has 0 atom stereocenters. The minimum absolute atomic E-state index is 0.0519. The summed E-state index contributed by atoms with van der Waals surface area (Å²) in [6.45, 7) is 10.1. The molecule has 0 saturated heterocycles. The van der Waals surface area contributed by atoms with Gasteiger partial charge in [0.15, 0.2) is 0 Å². The molecule has 5 nitrogen and oxygen atoms in total. The molecule has 0 bridgehead atoms. The van der Waals surface area contributed by atoms with Gasteiger partial charge >= 0.3 is 11.7 Å². The summed E-state index contributed by atoms with van der Waals surface area (Å²) in [5.41, 5.74) is 5.73. The van der Waals surface area contributed by atoms with Gasteiger partial charge in [0.2, 0.25) is 5.82 Å². The maximum atomic E-state index is 13.4. The summed E-state index contributed by atoms with van der Waals surface area (Å²) in [7, 11) is 0. The van der Waals surface area contributed by atoms with Gasteiger partial charge in [-0.1, -0.05) is 0 Å². The lowest BCUT2D eigenvalue weighted by atomic mass is 9.90. The molecule has 0 amide bonds. The normalized spacial score (nSPS) is 10.6. The Hall–Kier alpha value is -2.76. The Kier molecular flexibility index (Phi) is 5.21. The van der Waals surface area contributed by atoms with Gasteiger partial charge in [0.25, 0.3) is 0 Å². The lowest BCUT2D eigenvalue weighted by Gasteiger charge is -2.18. The van der Waals surface area contributed by atoms with Crippen molar-refractivity contribution in [2.75, 3.05) is 0 Å². The Balaban J connectivity index is 2.27. The number of hydrogen-bond donors (Lipinski definition) is 0. The second-order valence-corrected chi connectivity index (χ2v) is 6.10. The molecule has 0 aromatic heterocycles. The molecule has 0 radical (unpaired) electrons. The van der Waals surface area contributed by atoms with E-state index in [4.69, 9.17) is 4.74 Å². The minimum Gasteiger partial charge on any atom is -0.457 e. The highest BCUT2D eigenvalue weighted by Gasteiger charge is 2.19. The lowest BCUT2D eigenvalue weighted by molar-refractivity contribution is -0.387. The fraction of sp³-hybridized carbons (Fsp3) is 0.316. The average molecular weight is 345 g/mol. The van der Waals surface area contributed by atoms with E-state index in [2.05, 4.69) is 6.92 Å². The van der Waals surface area contributed by atoms with Crippen LogP contribution in [0.4, 0.5) is 10.1 Å². The molecule has 2 rings (SSSR count). The number of hydrogen-bond acceptors (Lipinski definition) is 4. The highest BCUT2D eigenvalue weighted by Crippen LogP contribution is 2.27. The summed E-state index contributed by atoms with van der Waals surface area (Å²) < 4.78 is 18.7. The Morgan fingerprint density at radius 2 is 1.56 bits per heavy atom. The van der Waals surface area contributed by atoms with Crippen molar-refractivity contribution in [3.8, 4) is 0 Å². The number of rotatable bonds is 4. The molecule has 0 aliphatic heterocycles. The number of nitro benzene ring substituents is 1. The van der Waals surface area contributed by atoms with Crippen molar-refractivity contribution >= 4 is 11.7 Å². The van der Waals surface area contributed by atoms with Crippen LogP contribution in [-0.2, 0) is 11.3 Å². The highest BCUT2D eigenvalue weighted by atomic mass is 19.1. The first-order chi connectivity index (χ1) is 11.6. The Morgan fingerprint density at radius 1 is 1.04 bits per heavy atom. The standard InChI is InChI=1S/C19H20FNO4/c1-10-11(2)13(4)16(14(5)12(10)3)9-25-19(22)15-6-7-17(20)18(8-15)21(23)24/h6-8H,9H2,1-5H3. The van der Waals surface area contributed by atoms with E-state index in [0.29, 0.717) is 0 Å². The van der Waals surface area contributed by atoms with Crippen molar-refractivity contribution in [2.45, 2.75) is 41.2 Å². The second-order valence-electron chi connectivity index (χ2n) is 6.10. The molecule has 6 heteroatoms. The molecule has 2 aromatic rings. The number of carbonyl (C=O) groups is 1. The van der Waals surface area contributed by atoms with E-state index in [1.54, 1.807) is 0 Å². The number of esters is 1. The quantitative estimate of drug-likeness (QED) is 0.460. The Labute approximate surface area is 145 Å². The molecule has 0 N–H and O–H groups in total. The number of ether oxygens (including phenoxy) is 1. The van der Waals surface area contributed by atoms with E-state index in [1.165, 1.54) is 11.6 Å². The van der Waals surface area contributed by atoms with Gasteiger partial charge in [-0.15, -0.1) is 0 Å². The van der Waals surface area contributed by atoms with Crippen LogP contribution in [0.15, 0.2) is 18.2 Å². The van der Waals surface area contributed by atoms with Gasteiger partial charge < -0.3 is 4.74 Å². The maximum absolute atomic E-state index is 13.4. The van der Waals surface area contributed by atoms with Crippen LogP contribution in [0.2, 0.25) is 0 Å². The van der Waals surface area contributed by atoms with E-state index < -0.39 is 22.4 Å². The zero-order valence-corrected chi connectivity index (χ0v) is 14.9. The number of nitro groups is 1. The summed E-state index contributed by atoms with van der Waals surface area (Å²) in [6, 6.07) is 2.96.